The molecular weight excluding hydrogens is 339 g/mol. The van der Waals surface area contributed by atoms with Crippen LogP contribution in [0.3, 0.4) is 0 Å². The standard InChI is InChI=1S/C13H16O4.Cl2OS/c1-3-16-12(14)9-10-7-5-6-8-11(10)13(15)17-4-2;1-4(2)3/h5-8H,3-4,9H2,1-2H3;. The second kappa shape index (κ2) is 11.5. The van der Waals surface area contributed by atoms with Crippen LogP contribution in [0.2, 0.25) is 0 Å². The molecule has 1 aromatic rings. The Bertz CT molecular complexity index is 489. The van der Waals surface area contributed by atoms with Gasteiger partial charge in [-0.2, -0.15) is 0 Å². The minimum atomic E-state index is -1.67. The Kier molecular flexibility index (Phi) is 10.9. The van der Waals surface area contributed by atoms with Crippen molar-refractivity contribution >= 4 is 42.5 Å². The topological polar surface area (TPSA) is 69.7 Å². The summed E-state index contributed by atoms with van der Waals surface area (Å²) in [6, 6.07) is 6.88. The first-order valence-corrected chi connectivity index (χ1v) is 8.87. The third kappa shape index (κ3) is 9.44. The molecule has 0 radical (unpaired) electrons. The highest BCUT2D eigenvalue weighted by Gasteiger charge is 2.14. The zero-order valence-electron chi connectivity index (χ0n) is 11.6. The molecule has 21 heavy (non-hydrogen) atoms. The minimum absolute atomic E-state index is 0.0861. The lowest BCUT2D eigenvalue weighted by molar-refractivity contribution is -0.142. The lowest BCUT2D eigenvalue weighted by Crippen LogP contribution is -2.13. The van der Waals surface area contributed by atoms with Crippen LogP contribution in [0, 0.1) is 0 Å². The number of hydrogen-bond donors (Lipinski definition) is 0. The summed E-state index contributed by atoms with van der Waals surface area (Å²) in [7, 11) is 7.36. The molecule has 0 aliphatic rings. The first-order valence-electron chi connectivity index (χ1n) is 6.07. The van der Waals surface area contributed by atoms with E-state index < -0.39 is 15.2 Å². The maximum Gasteiger partial charge on any atom is 0.338 e. The number of hydrogen-bond acceptors (Lipinski definition) is 5. The smallest absolute Gasteiger partial charge is 0.338 e. The molecule has 0 spiro atoms. The lowest BCUT2D eigenvalue weighted by atomic mass is 10.0. The maximum atomic E-state index is 11.6. The highest BCUT2D eigenvalue weighted by atomic mass is 36.0. The number of benzene rings is 1. The van der Waals surface area contributed by atoms with E-state index in [0.717, 1.165) is 0 Å². The fraction of sp³-hybridized carbons (Fsp3) is 0.385. The van der Waals surface area contributed by atoms with Crippen LogP contribution in [0.5, 0.6) is 0 Å². The summed E-state index contributed by atoms with van der Waals surface area (Å²) in [5.74, 6) is -0.753. The maximum absolute atomic E-state index is 11.6. The molecular formula is C13H16Cl2O5S. The van der Waals surface area contributed by atoms with Crippen LogP contribution in [0.1, 0.15) is 29.8 Å². The quantitative estimate of drug-likeness (QED) is 0.600. The average Bonchev–Trinajstić information content (AvgIpc) is 2.39. The summed E-state index contributed by atoms with van der Waals surface area (Å²) in [6.45, 7) is 4.13. The molecule has 0 fully saturated rings. The van der Waals surface area contributed by atoms with Crippen LogP contribution in [-0.4, -0.2) is 29.4 Å². The van der Waals surface area contributed by atoms with Crippen LogP contribution in [0.25, 0.3) is 0 Å². The van der Waals surface area contributed by atoms with Crippen molar-refractivity contribution in [2.24, 2.45) is 0 Å². The summed E-state index contributed by atoms with van der Waals surface area (Å²) in [5, 5.41) is 0. The predicted octanol–water partition coefficient (Wildman–Crippen LogP) is 3.01. The van der Waals surface area contributed by atoms with Gasteiger partial charge in [0, 0.05) is 21.4 Å². The van der Waals surface area contributed by atoms with Crippen LogP contribution in [-0.2, 0) is 29.9 Å². The molecule has 0 unspecified atom stereocenters. The molecule has 0 amide bonds. The SMILES string of the molecule is CCOC(=O)Cc1ccccc1C(=O)OCC.O=S(Cl)Cl. The van der Waals surface area contributed by atoms with Gasteiger partial charge in [-0.1, -0.05) is 18.2 Å². The van der Waals surface area contributed by atoms with Gasteiger partial charge in [0.25, 0.3) is 0 Å². The Morgan fingerprint density at radius 1 is 1.10 bits per heavy atom. The second-order valence-corrected chi connectivity index (χ2v) is 6.07. The van der Waals surface area contributed by atoms with Gasteiger partial charge in [0.2, 0.25) is 9.23 Å². The van der Waals surface area contributed by atoms with Gasteiger partial charge in [-0.05, 0) is 25.5 Å². The van der Waals surface area contributed by atoms with Crippen LogP contribution >= 0.6 is 21.4 Å². The zero-order valence-corrected chi connectivity index (χ0v) is 14.0. The van der Waals surface area contributed by atoms with E-state index in [1.165, 1.54) is 0 Å². The highest BCUT2D eigenvalue weighted by Crippen LogP contribution is 2.11. The van der Waals surface area contributed by atoms with E-state index in [1.807, 2.05) is 0 Å². The predicted molar refractivity (Wildman–Crippen MR) is 82.6 cm³/mol. The first-order chi connectivity index (χ1) is 9.92. The molecule has 0 N–H and O–H groups in total. The summed E-state index contributed by atoms with van der Waals surface area (Å²) in [6.07, 6.45) is 0.0861. The number of carbonyl (C=O) groups is 2. The molecule has 0 bridgehead atoms. The number of carbonyl (C=O) groups excluding carboxylic acids is 2. The molecule has 8 heteroatoms. The van der Waals surface area contributed by atoms with Gasteiger partial charge in [-0.25, -0.2) is 9.00 Å². The molecule has 0 aliphatic carbocycles. The van der Waals surface area contributed by atoms with Crippen molar-refractivity contribution < 1.29 is 23.3 Å². The Balaban J connectivity index is 0.000000885. The van der Waals surface area contributed by atoms with Gasteiger partial charge in [-0.15, -0.1) is 0 Å². The van der Waals surface area contributed by atoms with E-state index in [0.29, 0.717) is 24.3 Å². The van der Waals surface area contributed by atoms with Crippen LogP contribution < -0.4 is 0 Å². The van der Waals surface area contributed by atoms with E-state index in [-0.39, 0.29) is 12.4 Å². The number of ether oxygens (including phenoxy) is 2. The third-order valence-electron chi connectivity index (χ3n) is 2.15. The van der Waals surface area contributed by atoms with Gasteiger partial charge in [-0.3, -0.25) is 4.79 Å². The number of rotatable bonds is 5. The van der Waals surface area contributed by atoms with E-state index in [4.69, 9.17) is 13.7 Å². The van der Waals surface area contributed by atoms with Crippen LogP contribution in [0.4, 0.5) is 0 Å². The number of halogens is 2. The van der Waals surface area contributed by atoms with Crippen molar-refractivity contribution in [2.45, 2.75) is 20.3 Å². The third-order valence-corrected chi connectivity index (χ3v) is 2.15. The van der Waals surface area contributed by atoms with Gasteiger partial charge >= 0.3 is 11.9 Å². The van der Waals surface area contributed by atoms with Crippen molar-refractivity contribution in [1.29, 1.82) is 0 Å². The van der Waals surface area contributed by atoms with Gasteiger partial charge in [0.15, 0.2) is 0 Å². The molecule has 1 aromatic carbocycles. The average molecular weight is 355 g/mol. The molecule has 0 aliphatic heterocycles. The summed E-state index contributed by atoms with van der Waals surface area (Å²) in [4.78, 5) is 23.0. The minimum Gasteiger partial charge on any atom is -0.466 e. The van der Waals surface area contributed by atoms with E-state index in [2.05, 4.69) is 21.4 Å². The molecule has 0 heterocycles. The fourth-order valence-corrected chi connectivity index (χ4v) is 1.45. The monoisotopic (exact) mass is 354 g/mol. The molecule has 0 atom stereocenters. The van der Waals surface area contributed by atoms with Crippen molar-refractivity contribution in [3.63, 3.8) is 0 Å². The van der Waals surface area contributed by atoms with Crippen molar-refractivity contribution in [1.82, 2.24) is 0 Å². The Morgan fingerprint density at radius 2 is 1.62 bits per heavy atom. The zero-order chi connectivity index (χ0) is 16.3. The van der Waals surface area contributed by atoms with Crippen LogP contribution in [0.15, 0.2) is 24.3 Å². The lowest BCUT2D eigenvalue weighted by Gasteiger charge is -2.08. The molecule has 1 rings (SSSR count). The Hall–Kier alpha value is -1.11. The van der Waals surface area contributed by atoms with E-state index in [9.17, 15) is 9.59 Å². The van der Waals surface area contributed by atoms with Crippen molar-refractivity contribution in [2.75, 3.05) is 13.2 Å². The first kappa shape index (κ1) is 19.9. The van der Waals surface area contributed by atoms with Gasteiger partial charge < -0.3 is 9.47 Å². The molecule has 0 saturated heterocycles. The summed E-state index contributed by atoms with van der Waals surface area (Å²) >= 11 is 0. The largest absolute Gasteiger partial charge is 0.466 e. The molecule has 0 aromatic heterocycles. The normalized spacial score (nSPS) is 9.57. The summed E-state index contributed by atoms with van der Waals surface area (Å²) in [5.41, 5.74) is 1.05. The second-order valence-electron chi connectivity index (χ2n) is 3.54. The Labute approximate surface area is 135 Å². The fourth-order valence-electron chi connectivity index (χ4n) is 1.45. The summed E-state index contributed by atoms with van der Waals surface area (Å²) < 4.78 is 18.9. The molecule has 5 nitrogen and oxygen atoms in total. The Morgan fingerprint density at radius 3 is 2.14 bits per heavy atom. The van der Waals surface area contributed by atoms with Crippen molar-refractivity contribution in [3.8, 4) is 0 Å². The van der Waals surface area contributed by atoms with Gasteiger partial charge in [0.1, 0.15) is 0 Å². The van der Waals surface area contributed by atoms with E-state index >= 15 is 0 Å². The van der Waals surface area contributed by atoms with E-state index in [1.54, 1.807) is 38.1 Å². The number of esters is 2. The molecule has 0 saturated carbocycles. The van der Waals surface area contributed by atoms with Crippen molar-refractivity contribution in [3.05, 3.63) is 35.4 Å². The highest BCUT2D eigenvalue weighted by molar-refractivity contribution is 8.26. The molecule has 118 valence electrons. The van der Waals surface area contributed by atoms with Gasteiger partial charge in [0.05, 0.1) is 25.2 Å².